The Morgan fingerprint density at radius 2 is 1.33 bits per heavy atom. The highest BCUT2D eigenvalue weighted by atomic mass is 32.1. The van der Waals surface area contributed by atoms with Crippen LogP contribution in [-0.4, -0.2) is 18.1 Å². The molecule has 0 saturated carbocycles. The standard InChI is InChI=1S/C18H30OS2/c20-15-9-3-1-5-11-17-12-6-7-13-18(17)19-14-8-2-4-10-16-21/h6-7,12-13,20-21H,1-5,8-11,14-16H2. The molecule has 0 atom stereocenters. The van der Waals surface area contributed by atoms with Gasteiger partial charge in [-0.2, -0.15) is 25.3 Å². The summed E-state index contributed by atoms with van der Waals surface area (Å²) in [6.45, 7) is 0.837. The van der Waals surface area contributed by atoms with Crippen LogP contribution in [0.2, 0.25) is 0 Å². The van der Waals surface area contributed by atoms with Crippen LogP contribution in [0.5, 0.6) is 5.75 Å². The van der Waals surface area contributed by atoms with Gasteiger partial charge in [0.25, 0.3) is 0 Å². The molecule has 0 aliphatic carbocycles. The Morgan fingerprint density at radius 1 is 0.714 bits per heavy atom. The molecular formula is C18H30OS2. The average Bonchev–Trinajstić information content (AvgIpc) is 2.52. The van der Waals surface area contributed by atoms with Crippen LogP contribution >= 0.6 is 25.3 Å². The summed E-state index contributed by atoms with van der Waals surface area (Å²) < 4.78 is 5.96. The first-order valence-corrected chi connectivity index (χ1v) is 9.57. The van der Waals surface area contributed by atoms with Crippen LogP contribution in [0.25, 0.3) is 0 Å². The second-order valence-electron chi connectivity index (χ2n) is 5.48. The first-order chi connectivity index (χ1) is 10.4. The normalized spacial score (nSPS) is 10.8. The number of para-hydroxylation sites is 1. The van der Waals surface area contributed by atoms with Crippen molar-refractivity contribution >= 4 is 25.3 Å². The molecule has 0 N–H and O–H groups in total. The summed E-state index contributed by atoms with van der Waals surface area (Å²) in [5, 5.41) is 0. The molecule has 0 amide bonds. The third kappa shape index (κ3) is 9.36. The van der Waals surface area contributed by atoms with E-state index < -0.39 is 0 Å². The summed E-state index contributed by atoms with van der Waals surface area (Å²) in [5.74, 6) is 3.09. The first kappa shape index (κ1) is 18.8. The fourth-order valence-electron chi connectivity index (χ4n) is 2.38. The molecule has 0 saturated heterocycles. The number of aryl methyl sites for hydroxylation is 1. The van der Waals surface area contributed by atoms with Crippen LogP contribution in [0.4, 0.5) is 0 Å². The molecule has 1 nitrogen and oxygen atoms in total. The molecule has 0 radical (unpaired) electrons. The van der Waals surface area contributed by atoms with E-state index >= 15 is 0 Å². The largest absolute Gasteiger partial charge is 0.493 e. The quantitative estimate of drug-likeness (QED) is 0.355. The molecule has 0 spiro atoms. The van der Waals surface area contributed by atoms with E-state index in [2.05, 4.69) is 49.5 Å². The van der Waals surface area contributed by atoms with Crippen LogP contribution in [0.3, 0.4) is 0 Å². The van der Waals surface area contributed by atoms with Crippen molar-refractivity contribution < 1.29 is 4.74 Å². The van der Waals surface area contributed by atoms with Gasteiger partial charge >= 0.3 is 0 Å². The average molecular weight is 327 g/mol. The van der Waals surface area contributed by atoms with E-state index in [1.54, 1.807) is 0 Å². The summed E-state index contributed by atoms with van der Waals surface area (Å²) in [7, 11) is 0. The number of unbranched alkanes of at least 4 members (excludes halogenated alkanes) is 6. The number of hydrogen-bond acceptors (Lipinski definition) is 3. The monoisotopic (exact) mass is 326 g/mol. The first-order valence-electron chi connectivity index (χ1n) is 8.31. The van der Waals surface area contributed by atoms with Gasteiger partial charge < -0.3 is 4.74 Å². The molecule has 120 valence electrons. The van der Waals surface area contributed by atoms with Crippen molar-refractivity contribution in [3.63, 3.8) is 0 Å². The minimum absolute atomic E-state index is 0.837. The molecule has 1 aromatic rings. The minimum atomic E-state index is 0.837. The molecule has 0 aliphatic heterocycles. The molecule has 0 bridgehead atoms. The van der Waals surface area contributed by atoms with Crippen molar-refractivity contribution in [1.29, 1.82) is 0 Å². The number of rotatable bonds is 13. The van der Waals surface area contributed by atoms with Gasteiger partial charge in [-0.1, -0.05) is 43.9 Å². The van der Waals surface area contributed by atoms with Crippen molar-refractivity contribution in [2.45, 2.75) is 57.8 Å². The SMILES string of the molecule is SCCCCCCOc1ccccc1CCCCCCS. The summed E-state index contributed by atoms with van der Waals surface area (Å²) in [6.07, 6.45) is 11.0. The van der Waals surface area contributed by atoms with E-state index in [1.807, 2.05) is 0 Å². The number of hydrogen-bond donors (Lipinski definition) is 2. The fourth-order valence-corrected chi connectivity index (χ4v) is 2.83. The topological polar surface area (TPSA) is 9.23 Å². The summed E-state index contributed by atoms with van der Waals surface area (Å²) in [6, 6.07) is 8.49. The van der Waals surface area contributed by atoms with Gasteiger partial charge in [0.05, 0.1) is 6.61 Å². The lowest BCUT2D eigenvalue weighted by molar-refractivity contribution is 0.302. The van der Waals surface area contributed by atoms with Gasteiger partial charge in [0, 0.05) is 0 Å². The van der Waals surface area contributed by atoms with Crippen molar-refractivity contribution in [2.75, 3.05) is 18.1 Å². The van der Waals surface area contributed by atoms with Crippen LogP contribution in [0.1, 0.15) is 56.9 Å². The summed E-state index contributed by atoms with van der Waals surface area (Å²) in [5.41, 5.74) is 1.36. The number of benzene rings is 1. The lowest BCUT2D eigenvalue weighted by atomic mass is 10.1. The smallest absolute Gasteiger partial charge is 0.122 e. The van der Waals surface area contributed by atoms with Gasteiger partial charge in [0.1, 0.15) is 5.75 Å². The maximum absolute atomic E-state index is 5.96. The van der Waals surface area contributed by atoms with Gasteiger partial charge in [-0.05, 0) is 55.2 Å². The predicted octanol–water partition coefficient (Wildman–Crippen LogP) is 5.59. The zero-order valence-electron chi connectivity index (χ0n) is 13.1. The van der Waals surface area contributed by atoms with Crippen molar-refractivity contribution in [3.05, 3.63) is 29.8 Å². The van der Waals surface area contributed by atoms with E-state index in [4.69, 9.17) is 4.74 Å². The molecular weight excluding hydrogens is 296 g/mol. The van der Waals surface area contributed by atoms with Gasteiger partial charge in [0.15, 0.2) is 0 Å². The third-order valence-corrected chi connectivity index (χ3v) is 4.27. The third-order valence-electron chi connectivity index (χ3n) is 3.64. The summed E-state index contributed by atoms with van der Waals surface area (Å²) in [4.78, 5) is 0. The van der Waals surface area contributed by atoms with E-state index in [9.17, 15) is 0 Å². The van der Waals surface area contributed by atoms with Crippen LogP contribution < -0.4 is 4.74 Å². The fraction of sp³-hybridized carbons (Fsp3) is 0.667. The van der Waals surface area contributed by atoms with E-state index in [1.165, 1.54) is 50.5 Å². The number of thiol groups is 2. The van der Waals surface area contributed by atoms with E-state index in [0.717, 1.165) is 36.7 Å². The van der Waals surface area contributed by atoms with E-state index in [-0.39, 0.29) is 0 Å². The molecule has 3 heteroatoms. The Kier molecular flexibility index (Phi) is 12.0. The van der Waals surface area contributed by atoms with Crippen molar-refractivity contribution in [3.8, 4) is 5.75 Å². The van der Waals surface area contributed by atoms with E-state index in [0.29, 0.717) is 0 Å². The summed E-state index contributed by atoms with van der Waals surface area (Å²) >= 11 is 8.49. The molecule has 1 aromatic carbocycles. The van der Waals surface area contributed by atoms with Gasteiger partial charge in [0.2, 0.25) is 0 Å². The zero-order chi connectivity index (χ0) is 15.2. The Balaban J connectivity index is 2.23. The van der Waals surface area contributed by atoms with Crippen LogP contribution in [-0.2, 0) is 6.42 Å². The lowest BCUT2D eigenvalue weighted by Crippen LogP contribution is -2.00. The molecule has 0 unspecified atom stereocenters. The zero-order valence-corrected chi connectivity index (χ0v) is 14.9. The van der Waals surface area contributed by atoms with Crippen molar-refractivity contribution in [2.24, 2.45) is 0 Å². The van der Waals surface area contributed by atoms with Gasteiger partial charge in [-0.15, -0.1) is 0 Å². The Labute approximate surface area is 141 Å². The highest BCUT2D eigenvalue weighted by Gasteiger charge is 2.02. The van der Waals surface area contributed by atoms with Crippen LogP contribution in [0.15, 0.2) is 24.3 Å². The molecule has 0 heterocycles. The number of ether oxygens (including phenoxy) is 1. The van der Waals surface area contributed by atoms with Gasteiger partial charge in [-0.25, -0.2) is 0 Å². The van der Waals surface area contributed by atoms with Crippen LogP contribution in [0, 0.1) is 0 Å². The molecule has 0 aromatic heterocycles. The molecule has 0 aliphatic rings. The molecule has 1 rings (SSSR count). The Morgan fingerprint density at radius 3 is 2.05 bits per heavy atom. The second kappa shape index (κ2) is 13.4. The van der Waals surface area contributed by atoms with Gasteiger partial charge in [-0.3, -0.25) is 0 Å². The highest BCUT2D eigenvalue weighted by molar-refractivity contribution is 7.80. The predicted molar refractivity (Wildman–Crippen MR) is 100 cm³/mol. The maximum atomic E-state index is 5.96. The molecule has 21 heavy (non-hydrogen) atoms. The lowest BCUT2D eigenvalue weighted by Gasteiger charge is -2.11. The minimum Gasteiger partial charge on any atom is -0.493 e. The molecule has 0 fully saturated rings. The Bertz CT molecular complexity index is 355. The highest BCUT2D eigenvalue weighted by Crippen LogP contribution is 2.21. The Hall–Kier alpha value is -0.280. The maximum Gasteiger partial charge on any atom is 0.122 e. The van der Waals surface area contributed by atoms with Crippen molar-refractivity contribution in [1.82, 2.24) is 0 Å². The second-order valence-corrected chi connectivity index (χ2v) is 6.38.